The summed E-state index contributed by atoms with van der Waals surface area (Å²) in [6, 6.07) is 39.1. The summed E-state index contributed by atoms with van der Waals surface area (Å²) in [7, 11) is 3.49. The Morgan fingerprint density at radius 3 is 1.27 bits per heavy atom. The Labute approximate surface area is 265 Å². The first-order valence-corrected chi connectivity index (χ1v) is 16.4. The highest BCUT2D eigenvalue weighted by Gasteiger charge is 2.30. The molecule has 0 radical (unpaired) electrons. The summed E-state index contributed by atoms with van der Waals surface area (Å²) in [5.41, 5.74) is 12.9. The van der Waals surface area contributed by atoms with Crippen LogP contribution in [0.3, 0.4) is 0 Å². The predicted molar refractivity (Wildman–Crippen MR) is 188 cm³/mol. The summed E-state index contributed by atoms with van der Waals surface area (Å²) in [4.78, 5) is 4.93. The molecule has 0 fully saturated rings. The fourth-order valence-corrected chi connectivity index (χ4v) is 9.27. The summed E-state index contributed by atoms with van der Waals surface area (Å²) in [5, 5.41) is 2.66. The van der Waals surface area contributed by atoms with Crippen molar-refractivity contribution in [3.63, 3.8) is 0 Å². The Balaban J connectivity index is 1.41. The summed E-state index contributed by atoms with van der Waals surface area (Å²) in [6.45, 7) is 4.64. The van der Waals surface area contributed by atoms with Gasteiger partial charge in [0.05, 0.1) is 14.2 Å². The molecule has 0 saturated carbocycles. The second kappa shape index (κ2) is 10.5. The van der Waals surface area contributed by atoms with Gasteiger partial charge >= 0.3 is 0 Å². The van der Waals surface area contributed by atoms with Gasteiger partial charge in [-0.1, -0.05) is 60.7 Å². The minimum absolute atomic E-state index is 0.893. The quantitative estimate of drug-likeness (QED) is 0.187. The number of para-hydroxylation sites is 2. The summed E-state index contributed by atoms with van der Waals surface area (Å²) >= 11 is 3.67. The lowest BCUT2D eigenvalue weighted by Gasteiger charge is -2.20. The fraction of sp³-hybridized carbons (Fsp3) is 0.100. The van der Waals surface area contributed by atoms with E-state index in [0.717, 1.165) is 22.6 Å². The van der Waals surface area contributed by atoms with E-state index in [1.54, 1.807) is 14.2 Å². The van der Waals surface area contributed by atoms with E-state index in [2.05, 4.69) is 98.8 Å². The van der Waals surface area contributed by atoms with E-state index in [0.29, 0.717) is 0 Å². The van der Waals surface area contributed by atoms with Crippen molar-refractivity contribution in [2.75, 3.05) is 14.2 Å². The van der Waals surface area contributed by atoms with Gasteiger partial charge in [0.2, 0.25) is 0 Å². The monoisotopic (exact) mass is 606 g/mol. The Morgan fingerprint density at radius 2 is 0.818 bits per heavy atom. The minimum Gasteiger partial charge on any atom is -0.496 e. The van der Waals surface area contributed by atoms with Crippen LogP contribution in [0.4, 0.5) is 0 Å². The van der Waals surface area contributed by atoms with Gasteiger partial charge in [-0.2, -0.15) is 0 Å². The van der Waals surface area contributed by atoms with Gasteiger partial charge in [-0.25, -0.2) is 0 Å². The van der Waals surface area contributed by atoms with Gasteiger partial charge in [0.1, 0.15) is 11.5 Å². The van der Waals surface area contributed by atoms with Crippen molar-refractivity contribution in [3.05, 3.63) is 120 Å². The standard InChI is InChI=1S/C40H30O2S2/c1-23-36-28-15-9-11-25-12-10-16-29(40(25)28)37(36)24(2)39(35-22-20-33(44-35)27-14-6-8-18-31(27)42-4)38(23)34-21-19-32(43-34)26-13-5-7-17-30(26)41-3/h5-22H,1-4H3. The summed E-state index contributed by atoms with van der Waals surface area (Å²) in [5.74, 6) is 1.79. The average Bonchev–Trinajstić information content (AvgIpc) is 3.82. The molecule has 2 aromatic heterocycles. The van der Waals surface area contributed by atoms with Gasteiger partial charge in [-0.05, 0) is 107 Å². The Kier molecular flexibility index (Phi) is 6.44. The molecule has 1 aliphatic carbocycles. The number of benzene rings is 5. The molecule has 8 rings (SSSR count). The lowest BCUT2D eigenvalue weighted by molar-refractivity contribution is 0.416. The van der Waals surface area contributed by atoms with E-state index in [-0.39, 0.29) is 0 Å². The van der Waals surface area contributed by atoms with E-state index in [9.17, 15) is 0 Å². The SMILES string of the molecule is COc1ccccc1-c1ccc(-c2c(C)c3c(c(C)c2-c2ccc(-c4ccccc4OC)s2)-c2cccc4cccc-3c24)s1. The van der Waals surface area contributed by atoms with E-state index in [1.807, 2.05) is 46.9 Å². The molecule has 5 aromatic carbocycles. The van der Waals surface area contributed by atoms with Crippen molar-refractivity contribution >= 4 is 33.4 Å². The Bertz CT molecular complexity index is 2080. The molecule has 0 saturated heterocycles. The maximum absolute atomic E-state index is 5.74. The van der Waals surface area contributed by atoms with Gasteiger partial charge in [0.15, 0.2) is 0 Å². The molecule has 0 N–H and O–H groups in total. The zero-order valence-electron chi connectivity index (χ0n) is 25.0. The Morgan fingerprint density at radius 1 is 0.409 bits per heavy atom. The van der Waals surface area contributed by atoms with Crippen LogP contribution in [0.5, 0.6) is 11.5 Å². The van der Waals surface area contributed by atoms with Crippen LogP contribution in [-0.2, 0) is 0 Å². The third-order valence-corrected chi connectivity index (χ3v) is 11.2. The Hall–Kier alpha value is -4.64. The van der Waals surface area contributed by atoms with Crippen LogP contribution in [0.1, 0.15) is 11.1 Å². The smallest absolute Gasteiger partial charge is 0.127 e. The minimum atomic E-state index is 0.893. The van der Waals surface area contributed by atoms with Crippen molar-refractivity contribution in [1.29, 1.82) is 0 Å². The first-order valence-electron chi connectivity index (χ1n) is 14.8. The molecular weight excluding hydrogens is 577 g/mol. The fourth-order valence-electron chi connectivity index (χ4n) is 6.98. The second-order valence-corrected chi connectivity index (χ2v) is 13.4. The molecule has 1 aliphatic rings. The van der Waals surface area contributed by atoms with Gasteiger partial charge in [-0.15, -0.1) is 22.7 Å². The van der Waals surface area contributed by atoms with E-state index in [1.165, 1.54) is 74.8 Å². The molecule has 0 unspecified atom stereocenters. The van der Waals surface area contributed by atoms with Crippen LogP contribution < -0.4 is 9.47 Å². The maximum Gasteiger partial charge on any atom is 0.127 e. The highest BCUT2D eigenvalue weighted by molar-refractivity contribution is 7.20. The number of hydrogen-bond donors (Lipinski definition) is 0. The largest absolute Gasteiger partial charge is 0.496 e. The molecular formula is C40H30O2S2. The number of rotatable bonds is 6. The molecule has 0 aliphatic heterocycles. The van der Waals surface area contributed by atoms with Gasteiger partial charge in [0.25, 0.3) is 0 Å². The van der Waals surface area contributed by atoms with Crippen molar-refractivity contribution in [2.24, 2.45) is 0 Å². The molecule has 7 aromatic rings. The van der Waals surface area contributed by atoms with Crippen molar-refractivity contribution in [1.82, 2.24) is 0 Å². The van der Waals surface area contributed by atoms with Gasteiger partial charge in [-0.3, -0.25) is 0 Å². The first-order chi connectivity index (χ1) is 21.6. The van der Waals surface area contributed by atoms with Crippen LogP contribution in [0.15, 0.2) is 109 Å². The number of hydrogen-bond acceptors (Lipinski definition) is 4. The number of methoxy groups -OCH3 is 2. The van der Waals surface area contributed by atoms with Crippen LogP contribution in [0.25, 0.3) is 74.8 Å². The zero-order valence-corrected chi connectivity index (χ0v) is 26.7. The van der Waals surface area contributed by atoms with Crippen LogP contribution in [0.2, 0.25) is 0 Å². The summed E-state index contributed by atoms with van der Waals surface area (Å²) in [6.07, 6.45) is 0. The summed E-state index contributed by atoms with van der Waals surface area (Å²) < 4.78 is 11.5. The third-order valence-electron chi connectivity index (χ3n) is 8.89. The number of thiophene rings is 2. The number of ether oxygens (including phenoxy) is 2. The first kappa shape index (κ1) is 26.9. The van der Waals surface area contributed by atoms with Crippen LogP contribution in [0, 0.1) is 13.8 Å². The molecule has 44 heavy (non-hydrogen) atoms. The zero-order chi connectivity index (χ0) is 29.9. The average molecular weight is 607 g/mol. The van der Waals surface area contributed by atoms with E-state index >= 15 is 0 Å². The predicted octanol–water partition coefficient (Wildman–Crippen LogP) is 11.9. The lowest BCUT2D eigenvalue weighted by atomic mass is 9.85. The molecule has 0 amide bonds. The van der Waals surface area contributed by atoms with Crippen molar-refractivity contribution < 1.29 is 9.47 Å². The number of fused-ring (bicyclic) bond motifs is 3. The lowest BCUT2D eigenvalue weighted by Crippen LogP contribution is -1.96. The molecule has 0 atom stereocenters. The molecule has 2 heterocycles. The van der Waals surface area contributed by atoms with Crippen LogP contribution in [-0.4, -0.2) is 14.2 Å². The molecule has 2 nitrogen and oxygen atoms in total. The van der Waals surface area contributed by atoms with E-state index in [4.69, 9.17) is 9.47 Å². The maximum atomic E-state index is 5.74. The van der Waals surface area contributed by atoms with Crippen LogP contribution >= 0.6 is 22.7 Å². The highest BCUT2D eigenvalue weighted by Crippen LogP contribution is 2.57. The van der Waals surface area contributed by atoms with E-state index < -0.39 is 0 Å². The molecule has 0 spiro atoms. The molecule has 0 bridgehead atoms. The van der Waals surface area contributed by atoms with Crippen molar-refractivity contribution in [2.45, 2.75) is 13.8 Å². The topological polar surface area (TPSA) is 18.5 Å². The van der Waals surface area contributed by atoms with Gasteiger partial charge < -0.3 is 9.47 Å². The third kappa shape index (κ3) is 3.98. The second-order valence-electron chi connectivity index (χ2n) is 11.2. The molecule has 4 heteroatoms. The molecule has 214 valence electrons. The normalized spacial score (nSPS) is 11.6. The van der Waals surface area contributed by atoms with Crippen molar-refractivity contribution in [3.8, 4) is 75.5 Å². The van der Waals surface area contributed by atoms with Gasteiger partial charge in [0, 0.05) is 41.8 Å². The highest BCUT2D eigenvalue weighted by atomic mass is 32.1.